The Kier molecular flexibility index (Phi) is 4.49. The van der Waals surface area contributed by atoms with E-state index in [0.717, 1.165) is 5.56 Å². The largest absolute Gasteiger partial charge is 0.455 e. The molecule has 0 atom stereocenters. The lowest BCUT2D eigenvalue weighted by Crippen LogP contribution is -2.17. The highest BCUT2D eigenvalue weighted by atomic mass is 35.5. The molecule has 3 aromatic rings. The van der Waals surface area contributed by atoms with Gasteiger partial charge < -0.3 is 4.42 Å². The van der Waals surface area contributed by atoms with Crippen molar-refractivity contribution >= 4 is 23.7 Å². The van der Waals surface area contributed by atoms with Gasteiger partial charge in [-0.15, -0.1) is 0 Å². The zero-order chi connectivity index (χ0) is 16.1. The molecule has 0 saturated heterocycles. The molecule has 0 aliphatic heterocycles. The second-order valence-corrected chi connectivity index (χ2v) is 5.08. The van der Waals surface area contributed by atoms with Crippen LogP contribution in [0.15, 0.2) is 70.4 Å². The normalized spacial score (nSPS) is 10.8. The second kappa shape index (κ2) is 6.89. The number of pyridine rings is 1. The third-order valence-electron chi connectivity index (χ3n) is 3.06. The average molecular weight is 326 g/mol. The number of rotatable bonds is 4. The molecule has 0 unspecified atom stereocenters. The highest BCUT2D eigenvalue weighted by molar-refractivity contribution is 6.30. The summed E-state index contributed by atoms with van der Waals surface area (Å²) >= 11 is 5.86. The van der Waals surface area contributed by atoms with E-state index >= 15 is 0 Å². The molecule has 6 heteroatoms. The Morgan fingerprint density at radius 2 is 1.83 bits per heavy atom. The van der Waals surface area contributed by atoms with Gasteiger partial charge in [0.05, 0.1) is 6.21 Å². The Labute approximate surface area is 137 Å². The van der Waals surface area contributed by atoms with Crippen LogP contribution in [0.5, 0.6) is 0 Å². The molecule has 2 aromatic heterocycles. The van der Waals surface area contributed by atoms with Gasteiger partial charge in [0.15, 0.2) is 0 Å². The zero-order valence-electron chi connectivity index (χ0n) is 11.9. The number of hydrogen-bond acceptors (Lipinski definition) is 4. The fourth-order valence-electron chi connectivity index (χ4n) is 1.91. The summed E-state index contributed by atoms with van der Waals surface area (Å²) in [5.74, 6) is 0.918. The molecule has 0 spiro atoms. The summed E-state index contributed by atoms with van der Waals surface area (Å²) in [6.45, 7) is 0. The molecule has 0 aliphatic carbocycles. The van der Waals surface area contributed by atoms with Gasteiger partial charge in [0.1, 0.15) is 11.5 Å². The third kappa shape index (κ3) is 3.84. The molecule has 2 heterocycles. The molecule has 1 N–H and O–H groups in total. The van der Waals surface area contributed by atoms with Gasteiger partial charge in [0.25, 0.3) is 5.91 Å². The van der Waals surface area contributed by atoms with Crippen molar-refractivity contribution in [2.75, 3.05) is 0 Å². The van der Waals surface area contributed by atoms with Crippen molar-refractivity contribution in [1.82, 2.24) is 10.4 Å². The maximum Gasteiger partial charge on any atom is 0.271 e. The van der Waals surface area contributed by atoms with E-state index in [9.17, 15) is 4.79 Å². The Morgan fingerprint density at radius 1 is 1.09 bits per heavy atom. The number of nitrogens with zero attached hydrogens (tertiary/aromatic N) is 2. The standard InChI is InChI=1S/C17H12ClN3O2/c18-14-3-1-12(2-4-14)16-6-5-15(23-16)11-20-21-17(22)13-7-9-19-10-8-13/h1-11H,(H,21,22)/b20-11+. The van der Waals surface area contributed by atoms with Gasteiger partial charge in [0, 0.05) is 28.5 Å². The van der Waals surface area contributed by atoms with Crippen LogP contribution in [0.1, 0.15) is 16.1 Å². The molecule has 3 rings (SSSR count). The molecule has 1 amide bonds. The van der Waals surface area contributed by atoms with Crippen LogP contribution in [0.4, 0.5) is 0 Å². The number of halogens is 1. The Balaban J connectivity index is 1.65. The molecular formula is C17H12ClN3O2. The highest BCUT2D eigenvalue weighted by Crippen LogP contribution is 2.23. The first kappa shape index (κ1) is 15.0. The molecule has 0 radical (unpaired) electrons. The number of benzene rings is 1. The predicted molar refractivity (Wildman–Crippen MR) is 88.5 cm³/mol. The number of furan rings is 1. The lowest BCUT2D eigenvalue weighted by atomic mass is 10.2. The maximum atomic E-state index is 11.8. The predicted octanol–water partition coefficient (Wildman–Crippen LogP) is 3.76. The van der Waals surface area contributed by atoms with Crippen LogP contribution in [0, 0.1) is 0 Å². The third-order valence-corrected chi connectivity index (χ3v) is 3.31. The minimum absolute atomic E-state index is 0.312. The van der Waals surface area contributed by atoms with Crippen molar-refractivity contribution in [2.45, 2.75) is 0 Å². The Bertz CT molecular complexity index is 827. The smallest absolute Gasteiger partial charge is 0.271 e. The van der Waals surface area contributed by atoms with E-state index in [4.69, 9.17) is 16.0 Å². The van der Waals surface area contributed by atoms with E-state index in [0.29, 0.717) is 22.1 Å². The van der Waals surface area contributed by atoms with Crippen molar-refractivity contribution in [3.8, 4) is 11.3 Å². The summed E-state index contributed by atoms with van der Waals surface area (Å²) in [5.41, 5.74) is 3.83. The molecule has 0 aliphatic rings. The van der Waals surface area contributed by atoms with Crippen LogP contribution in [0.2, 0.25) is 5.02 Å². The summed E-state index contributed by atoms with van der Waals surface area (Å²) in [6, 6.07) is 14.1. The average Bonchev–Trinajstić information content (AvgIpc) is 3.05. The molecule has 0 bridgehead atoms. The molecule has 0 saturated carbocycles. The van der Waals surface area contributed by atoms with Gasteiger partial charge in [-0.3, -0.25) is 9.78 Å². The maximum absolute atomic E-state index is 11.8. The number of carbonyl (C=O) groups is 1. The van der Waals surface area contributed by atoms with Gasteiger partial charge >= 0.3 is 0 Å². The van der Waals surface area contributed by atoms with Crippen LogP contribution in [0.25, 0.3) is 11.3 Å². The molecule has 114 valence electrons. The van der Waals surface area contributed by atoms with Crippen molar-refractivity contribution in [3.05, 3.63) is 77.3 Å². The summed E-state index contributed by atoms with van der Waals surface area (Å²) in [6.07, 6.45) is 4.53. The van der Waals surface area contributed by atoms with Gasteiger partial charge in [-0.25, -0.2) is 5.43 Å². The first-order valence-corrected chi connectivity index (χ1v) is 7.19. The zero-order valence-corrected chi connectivity index (χ0v) is 12.7. The Hall–Kier alpha value is -2.92. The quantitative estimate of drug-likeness (QED) is 0.586. The number of amides is 1. The fraction of sp³-hybridized carbons (Fsp3) is 0. The van der Waals surface area contributed by atoms with Gasteiger partial charge in [-0.1, -0.05) is 11.6 Å². The van der Waals surface area contributed by atoms with Gasteiger partial charge in [-0.2, -0.15) is 5.10 Å². The summed E-state index contributed by atoms with van der Waals surface area (Å²) < 4.78 is 5.64. The lowest BCUT2D eigenvalue weighted by molar-refractivity contribution is 0.0955. The molecule has 23 heavy (non-hydrogen) atoms. The SMILES string of the molecule is O=C(N/N=C/c1ccc(-c2ccc(Cl)cc2)o1)c1ccncc1. The van der Waals surface area contributed by atoms with Crippen molar-refractivity contribution in [2.24, 2.45) is 5.10 Å². The summed E-state index contributed by atoms with van der Waals surface area (Å²) in [4.78, 5) is 15.6. The van der Waals surface area contributed by atoms with E-state index < -0.39 is 0 Å². The number of hydrazone groups is 1. The second-order valence-electron chi connectivity index (χ2n) is 4.64. The van der Waals surface area contributed by atoms with E-state index in [1.807, 2.05) is 18.2 Å². The monoisotopic (exact) mass is 325 g/mol. The van der Waals surface area contributed by atoms with E-state index in [1.54, 1.807) is 42.7 Å². The van der Waals surface area contributed by atoms with Crippen LogP contribution >= 0.6 is 11.6 Å². The topological polar surface area (TPSA) is 67.5 Å². The summed E-state index contributed by atoms with van der Waals surface area (Å²) in [5, 5.41) is 4.55. The van der Waals surface area contributed by atoms with E-state index in [-0.39, 0.29) is 5.91 Å². The van der Waals surface area contributed by atoms with E-state index in [1.165, 1.54) is 6.21 Å². The fourth-order valence-corrected chi connectivity index (χ4v) is 2.04. The van der Waals surface area contributed by atoms with Crippen LogP contribution in [-0.4, -0.2) is 17.1 Å². The minimum atomic E-state index is -0.312. The van der Waals surface area contributed by atoms with E-state index in [2.05, 4.69) is 15.5 Å². The summed E-state index contributed by atoms with van der Waals surface area (Å²) in [7, 11) is 0. The first-order valence-electron chi connectivity index (χ1n) is 6.81. The molecule has 5 nitrogen and oxygen atoms in total. The number of nitrogens with one attached hydrogen (secondary N) is 1. The first-order chi connectivity index (χ1) is 11.2. The van der Waals surface area contributed by atoms with Crippen molar-refractivity contribution in [3.63, 3.8) is 0 Å². The highest BCUT2D eigenvalue weighted by Gasteiger charge is 2.04. The molecule has 0 fully saturated rings. The molecule has 1 aromatic carbocycles. The van der Waals surface area contributed by atoms with Gasteiger partial charge in [0.2, 0.25) is 0 Å². The number of aromatic nitrogens is 1. The van der Waals surface area contributed by atoms with Crippen LogP contribution in [0.3, 0.4) is 0 Å². The van der Waals surface area contributed by atoms with Gasteiger partial charge in [-0.05, 0) is 48.5 Å². The van der Waals surface area contributed by atoms with Crippen molar-refractivity contribution in [1.29, 1.82) is 0 Å². The number of carbonyl (C=O) groups excluding carboxylic acids is 1. The minimum Gasteiger partial charge on any atom is -0.455 e. The molecular weight excluding hydrogens is 314 g/mol. The van der Waals surface area contributed by atoms with Crippen molar-refractivity contribution < 1.29 is 9.21 Å². The van der Waals surface area contributed by atoms with Crippen LogP contribution < -0.4 is 5.43 Å². The Morgan fingerprint density at radius 3 is 2.57 bits per heavy atom. The number of hydrogen-bond donors (Lipinski definition) is 1. The lowest BCUT2D eigenvalue weighted by Gasteiger charge is -1.98. The van der Waals surface area contributed by atoms with Crippen LogP contribution in [-0.2, 0) is 0 Å².